The van der Waals surface area contributed by atoms with Crippen LogP contribution >= 0.6 is 0 Å². The van der Waals surface area contributed by atoms with E-state index in [2.05, 4.69) is 0 Å². The van der Waals surface area contributed by atoms with Gasteiger partial charge in [0.15, 0.2) is 11.5 Å². The van der Waals surface area contributed by atoms with Crippen LogP contribution in [0.1, 0.15) is 22.8 Å². The molecule has 2 aromatic carbocycles. The van der Waals surface area contributed by atoms with Gasteiger partial charge >= 0.3 is 0 Å². The van der Waals surface area contributed by atoms with Crippen LogP contribution in [0.15, 0.2) is 41.3 Å². The van der Waals surface area contributed by atoms with Gasteiger partial charge in [0.2, 0.25) is 10.0 Å². The predicted molar refractivity (Wildman–Crippen MR) is 114 cm³/mol. The van der Waals surface area contributed by atoms with Gasteiger partial charge in [-0.25, -0.2) is 12.8 Å². The van der Waals surface area contributed by atoms with Gasteiger partial charge in [-0.15, -0.1) is 0 Å². The Morgan fingerprint density at radius 1 is 1.09 bits per heavy atom. The summed E-state index contributed by atoms with van der Waals surface area (Å²) in [5.41, 5.74) is 0.443. The highest BCUT2D eigenvalue weighted by Gasteiger charge is 2.29. The molecule has 2 aliphatic heterocycles. The number of carbonyl (C=O) groups is 1. The van der Waals surface area contributed by atoms with Gasteiger partial charge in [0.25, 0.3) is 5.91 Å². The van der Waals surface area contributed by atoms with E-state index in [0.717, 1.165) is 17.7 Å². The molecule has 0 atom stereocenters. The third-order valence-corrected chi connectivity index (χ3v) is 7.35. The standard InChI is InChI=1S/C22H25FN2O6S/c1-2-24(15-16-4-3-5-20-21(16)31-13-12-30-20)22(26)18-14-17(6-7-19(18)23)32(27,28)25-8-10-29-11-9-25/h3-7,14H,2,8-13,15H2,1H3. The number of halogens is 1. The number of nitrogens with zero attached hydrogens (tertiary/aromatic N) is 2. The normalized spacial score (nSPS) is 16.6. The van der Waals surface area contributed by atoms with Crippen molar-refractivity contribution in [3.8, 4) is 11.5 Å². The van der Waals surface area contributed by atoms with Gasteiger partial charge < -0.3 is 19.1 Å². The molecule has 0 radical (unpaired) electrons. The van der Waals surface area contributed by atoms with Crippen LogP contribution in [0.3, 0.4) is 0 Å². The van der Waals surface area contributed by atoms with Crippen LogP contribution in [0.5, 0.6) is 11.5 Å². The van der Waals surface area contributed by atoms with Crippen LogP contribution in [0, 0.1) is 5.82 Å². The summed E-state index contributed by atoms with van der Waals surface area (Å²) in [7, 11) is -3.86. The Labute approximate surface area is 186 Å². The van der Waals surface area contributed by atoms with Crippen LogP contribution in [0.4, 0.5) is 4.39 Å². The molecule has 1 amide bonds. The molecule has 0 unspecified atom stereocenters. The van der Waals surface area contributed by atoms with E-state index < -0.39 is 21.7 Å². The number of rotatable bonds is 6. The van der Waals surface area contributed by atoms with Gasteiger partial charge in [-0.3, -0.25) is 4.79 Å². The maximum absolute atomic E-state index is 14.6. The monoisotopic (exact) mass is 464 g/mol. The summed E-state index contributed by atoms with van der Waals surface area (Å²) in [5, 5.41) is 0. The molecular weight excluding hydrogens is 439 g/mol. The van der Waals surface area contributed by atoms with Crippen molar-refractivity contribution >= 4 is 15.9 Å². The number of morpholine rings is 1. The zero-order valence-corrected chi connectivity index (χ0v) is 18.6. The summed E-state index contributed by atoms with van der Waals surface area (Å²) in [4.78, 5) is 14.5. The first-order valence-electron chi connectivity index (χ1n) is 10.5. The average Bonchev–Trinajstić information content (AvgIpc) is 2.83. The fourth-order valence-electron chi connectivity index (χ4n) is 3.73. The number of hydrogen-bond acceptors (Lipinski definition) is 6. The quantitative estimate of drug-likeness (QED) is 0.652. The van der Waals surface area contributed by atoms with Crippen LogP contribution in [0.2, 0.25) is 0 Å². The van der Waals surface area contributed by atoms with Crippen molar-refractivity contribution in [1.82, 2.24) is 9.21 Å². The molecule has 0 aliphatic carbocycles. The second-order valence-corrected chi connectivity index (χ2v) is 9.36. The van der Waals surface area contributed by atoms with Gasteiger partial charge in [0.1, 0.15) is 19.0 Å². The molecule has 2 aromatic rings. The van der Waals surface area contributed by atoms with Crippen molar-refractivity contribution in [3.63, 3.8) is 0 Å². The summed E-state index contributed by atoms with van der Waals surface area (Å²) in [6.45, 7) is 4.10. The molecule has 1 saturated heterocycles. The largest absolute Gasteiger partial charge is 0.486 e. The molecule has 0 N–H and O–H groups in total. The third-order valence-electron chi connectivity index (χ3n) is 5.45. The fourth-order valence-corrected chi connectivity index (χ4v) is 5.16. The maximum atomic E-state index is 14.6. The summed E-state index contributed by atoms with van der Waals surface area (Å²) >= 11 is 0. The molecule has 0 saturated carbocycles. The lowest BCUT2D eigenvalue weighted by atomic mass is 10.1. The summed E-state index contributed by atoms with van der Waals surface area (Å²) in [5.74, 6) is -0.210. The molecule has 2 aliphatic rings. The number of carbonyl (C=O) groups excluding carboxylic acids is 1. The number of amides is 1. The maximum Gasteiger partial charge on any atom is 0.257 e. The first kappa shape index (κ1) is 22.5. The zero-order valence-electron chi connectivity index (χ0n) is 17.8. The minimum Gasteiger partial charge on any atom is -0.486 e. The predicted octanol–water partition coefficient (Wildman–Crippen LogP) is 2.28. The molecule has 0 aromatic heterocycles. The minimum absolute atomic E-state index is 0.117. The fraction of sp³-hybridized carbons (Fsp3) is 0.409. The first-order chi connectivity index (χ1) is 15.4. The zero-order chi connectivity index (χ0) is 22.7. The van der Waals surface area contributed by atoms with E-state index in [-0.39, 0.29) is 30.1 Å². The second kappa shape index (κ2) is 9.43. The smallest absolute Gasteiger partial charge is 0.257 e. The average molecular weight is 465 g/mol. The lowest BCUT2D eigenvalue weighted by Crippen LogP contribution is -2.40. The Bertz CT molecular complexity index is 1100. The number of sulfonamides is 1. The lowest BCUT2D eigenvalue weighted by molar-refractivity contribution is 0.0728. The van der Waals surface area contributed by atoms with Crippen molar-refractivity contribution in [1.29, 1.82) is 0 Å². The van der Waals surface area contributed by atoms with Crippen molar-refractivity contribution in [2.45, 2.75) is 18.4 Å². The molecular formula is C22H25FN2O6S. The Balaban J connectivity index is 1.61. The number of hydrogen-bond donors (Lipinski definition) is 0. The van der Waals surface area contributed by atoms with Crippen LogP contribution < -0.4 is 9.47 Å². The van der Waals surface area contributed by atoms with Crippen molar-refractivity contribution in [3.05, 3.63) is 53.3 Å². The first-order valence-corrected chi connectivity index (χ1v) is 11.9. The van der Waals surface area contributed by atoms with Gasteiger partial charge in [0.05, 0.1) is 23.7 Å². The van der Waals surface area contributed by atoms with E-state index in [4.69, 9.17) is 14.2 Å². The van der Waals surface area contributed by atoms with Gasteiger partial charge in [-0.2, -0.15) is 4.31 Å². The summed E-state index contributed by atoms with van der Waals surface area (Å²) in [6, 6.07) is 8.74. The number of benzene rings is 2. The Kier molecular flexibility index (Phi) is 6.63. The van der Waals surface area contributed by atoms with E-state index in [9.17, 15) is 17.6 Å². The van der Waals surface area contributed by atoms with E-state index in [1.807, 2.05) is 6.07 Å². The molecule has 32 heavy (non-hydrogen) atoms. The van der Waals surface area contributed by atoms with Crippen LogP contribution in [-0.4, -0.2) is 69.6 Å². The van der Waals surface area contributed by atoms with Crippen LogP contribution in [0.25, 0.3) is 0 Å². The molecule has 0 spiro atoms. The topological polar surface area (TPSA) is 85.4 Å². The minimum atomic E-state index is -3.86. The Morgan fingerprint density at radius 2 is 1.84 bits per heavy atom. The van der Waals surface area contributed by atoms with Crippen LogP contribution in [-0.2, 0) is 21.3 Å². The highest BCUT2D eigenvalue weighted by molar-refractivity contribution is 7.89. The van der Waals surface area contributed by atoms with E-state index in [1.54, 1.807) is 19.1 Å². The number of para-hydroxylation sites is 1. The highest BCUT2D eigenvalue weighted by atomic mass is 32.2. The molecule has 1 fully saturated rings. The van der Waals surface area contributed by atoms with Crippen molar-refractivity contribution in [2.24, 2.45) is 0 Å². The molecule has 172 valence electrons. The summed E-state index contributed by atoms with van der Waals surface area (Å²) in [6.07, 6.45) is 0. The molecule has 2 heterocycles. The Morgan fingerprint density at radius 3 is 2.59 bits per heavy atom. The van der Waals surface area contributed by atoms with E-state index in [0.29, 0.717) is 44.5 Å². The summed E-state index contributed by atoms with van der Waals surface area (Å²) < 4.78 is 58.3. The van der Waals surface area contributed by atoms with Crippen molar-refractivity contribution < 1.29 is 31.8 Å². The molecule has 0 bridgehead atoms. The van der Waals surface area contributed by atoms with E-state index in [1.165, 1.54) is 15.3 Å². The molecule has 10 heteroatoms. The van der Waals surface area contributed by atoms with Crippen molar-refractivity contribution in [2.75, 3.05) is 46.1 Å². The van der Waals surface area contributed by atoms with Gasteiger partial charge in [-0.05, 0) is 31.2 Å². The van der Waals surface area contributed by atoms with Gasteiger partial charge in [-0.1, -0.05) is 12.1 Å². The second-order valence-electron chi connectivity index (χ2n) is 7.42. The lowest BCUT2D eigenvalue weighted by Gasteiger charge is -2.27. The highest BCUT2D eigenvalue weighted by Crippen LogP contribution is 2.34. The van der Waals surface area contributed by atoms with E-state index >= 15 is 0 Å². The SMILES string of the molecule is CCN(Cc1cccc2c1OCCO2)C(=O)c1cc(S(=O)(=O)N2CCOCC2)ccc1F. The number of ether oxygens (including phenoxy) is 3. The number of fused-ring (bicyclic) bond motifs is 1. The molecule has 8 nitrogen and oxygen atoms in total. The molecule has 4 rings (SSSR count). The third kappa shape index (κ3) is 4.43. The van der Waals surface area contributed by atoms with Gasteiger partial charge in [0, 0.05) is 31.7 Å². The Hall–Kier alpha value is -2.69.